The normalized spacial score (nSPS) is 18.6. The number of benzene rings is 1. The van der Waals surface area contributed by atoms with Crippen LogP contribution in [0.4, 0.5) is 5.82 Å². The van der Waals surface area contributed by atoms with Crippen LogP contribution in [0.15, 0.2) is 60.9 Å². The zero-order valence-corrected chi connectivity index (χ0v) is 34.3. The summed E-state index contributed by atoms with van der Waals surface area (Å²) in [6.07, 6.45) is 16.3. The molecule has 5 amide bonds. The third-order valence-corrected chi connectivity index (χ3v) is 12.0. The van der Waals surface area contributed by atoms with Crippen LogP contribution >= 0.6 is 0 Å². The second kappa shape index (κ2) is 20.8. The van der Waals surface area contributed by atoms with Crippen molar-refractivity contribution in [2.45, 2.75) is 83.2 Å². The largest absolute Gasteiger partial charge is 0.353 e. The molecule has 1 unspecified atom stereocenters. The topological polar surface area (TPSA) is 161 Å². The van der Waals surface area contributed by atoms with E-state index in [0.717, 1.165) is 126 Å². The van der Waals surface area contributed by atoms with Gasteiger partial charge in [-0.3, -0.25) is 39.2 Å². The highest BCUT2D eigenvalue weighted by Crippen LogP contribution is 2.30. The van der Waals surface area contributed by atoms with Crippen molar-refractivity contribution in [3.05, 3.63) is 88.9 Å². The van der Waals surface area contributed by atoms with Crippen molar-refractivity contribution in [1.29, 1.82) is 0 Å². The maximum Gasteiger partial charge on any atom is 0.274 e. The molecule has 2 aromatic heterocycles. The Bertz CT molecular complexity index is 2080. The van der Waals surface area contributed by atoms with Gasteiger partial charge in [-0.05, 0) is 98.5 Å². The van der Waals surface area contributed by atoms with Gasteiger partial charge in [0.1, 0.15) is 6.04 Å². The number of piperidine rings is 2. The fourth-order valence-electron chi connectivity index (χ4n) is 8.46. The molecule has 1 aromatic carbocycles. The van der Waals surface area contributed by atoms with E-state index in [-0.39, 0.29) is 30.0 Å². The smallest absolute Gasteiger partial charge is 0.274 e. The van der Waals surface area contributed by atoms with Gasteiger partial charge in [-0.25, -0.2) is 0 Å². The summed E-state index contributed by atoms with van der Waals surface area (Å²) >= 11 is 0. The van der Waals surface area contributed by atoms with Crippen LogP contribution in [0.1, 0.15) is 108 Å². The fraction of sp³-hybridized carbons (Fsp3) is 0.478. The Hall–Kier alpha value is -5.94. The molecular weight excluding hydrogens is 759 g/mol. The van der Waals surface area contributed by atoms with E-state index in [0.29, 0.717) is 36.7 Å². The van der Waals surface area contributed by atoms with Crippen molar-refractivity contribution >= 4 is 41.4 Å². The Kier molecular flexibility index (Phi) is 14.7. The standard InChI is InChI=1S/C46H55N9O5/c56-42(19-15-35-11-9-23-47-32-35)48-24-6-5-10-34-21-26-54(27-22-34)46(60)39-16-18-41(51-50-39)53-30-28-52(29-31-53)25-7-3-1-2-4-12-36-13-8-14-37-38(36)33-55(45(37)59)40-17-20-43(57)49-44(40)58/h8-9,11,13-16,18-19,23,32,34,40H,1-3,5-7,10,17,20-22,24-31,33H2,(H,48,56)(H,49,57,58)/b19-15+. The molecule has 0 saturated carbocycles. The van der Waals surface area contributed by atoms with Crippen LogP contribution in [-0.4, -0.2) is 118 Å². The van der Waals surface area contributed by atoms with Gasteiger partial charge in [0.05, 0.1) is 0 Å². The number of piperazine rings is 1. The first kappa shape index (κ1) is 42.2. The molecule has 4 aliphatic rings. The molecule has 2 N–H and O–H groups in total. The summed E-state index contributed by atoms with van der Waals surface area (Å²) in [6, 6.07) is 12.4. The highest BCUT2D eigenvalue weighted by molar-refractivity contribution is 6.05. The predicted molar refractivity (Wildman–Crippen MR) is 227 cm³/mol. The van der Waals surface area contributed by atoms with Gasteiger partial charge in [-0.15, -0.1) is 10.2 Å². The second-order valence-corrected chi connectivity index (χ2v) is 16.1. The van der Waals surface area contributed by atoms with Crippen LogP contribution < -0.4 is 15.5 Å². The third kappa shape index (κ3) is 11.2. The Balaban J connectivity index is 0.740. The van der Waals surface area contributed by atoms with Gasteiger partial charge in [0.2, 0.25) is 17.7 Å². The van der Waals surface area contributed by atoms with Crippen molar-refractivity contribution in [3.63, 3.8) is 0 Å². The number of imide groups is 1. The Labute approximate surface area is 352 Å². The Morgan fingerprint density at radius 3 is 2.50 bits per heavy atom. The molecule has 314 valence electrons. The van der Waals surface area contributed by atoms with Gasteiger partial charge in [-0.1, -0.05) is 43.2 Å². The fourth-order valence-corrected chi connectivity index (χ4v) is 8.46. The zero-order chi connectivity index (χ0) is 41.7. The molecule has 6 heterocycles. The number of anilines is 1. The van der Waals surface area contributed by atoms with Crippen molar-refractivity contribution in [1.82, 2.24) is 40.5 Å². The SMILES string of the molecule is O=C(/C=C/c1cccnc1)NCCCCC1CCN(C(=O)c2ccc(N3CCN(CCCCCC#Cc4cccc5c4CN(C4CCC(=O)NC4=O)C5=O)CC3)nn2)CC1. The quantitative estimate of drug-likeness (QED) is 0.0985. The molecule has 60 heavy (non-hydrogen) atoms. The highest BCUT2D eigenvalue weighted by Gasteiger charge is 2.39. The summed E-state index contributed by atoms with van der Waals surface area (Å²) < 4.78 is 0. The summed E-state index contributed by atoms with van der Waals surface area (Å²) in [5, 5.41) is 14.1. The summed E-state index contributed by atoms with van der Waals surface area (Å²) in [7, 11) is 0. The Morgan fingerprint density at radius 1 is 0.883 bits per heavy atom. The lowest BCUT2D eigenvalue weighted by Gasteiger charge is -2.35. The lowest BCUT2D eigenvalue weighted by atomic mass is 9.91. The van der Waals surface area contributed by atoms with Crippen LogP contribution in [0.2, 0.25) is 0 Å². The number of amides is 5. The molecule has 3 fully saturated rings. The minimum Gasteiger partial charge on any atom is -0.353 e. The first-order chi connectivity index (χ1) is 29.3. The van der Waals surface area contributed by atoms with Crippen LogP contribution in [0.3, 0.4) is 0 Å². The van der Waals surface area contributed by atoms with Crippen molar-refractivity contribution < 1.29 is 24.0 Å². The first-order valence-electron chi connectivity index (χ1n) is 21.5. The molecule has 3 aromatic rings. The van der Waals surface area contributed by atoms with E-state index in [2.05, 4.69) is 47.5 Å². The lowest BCUT2D eigenvalue weighted by molar-refractivity contribution is -0.137. The molecular formula is C46H55N9O5. The van der Waals surface area contributed by atoms with Crippen LogP contribution in [0.25, 0.3) is 6.08 Å². The minimum absolute atomic E-state index is 0.0521. The highest BCUT2D eigenvalue weighted by atomic mass is 16.2. The van der Waals surface area contributed by atoms with Gasteiger partial charge in [0.15, 0.2) is 11.5 Å². The summed E-state index contributed by atoms with van der Waals surface area (Å²) in [6.45, 7) is 7.09. The zero-order valence-electron chi connectivity index (χ0n) is 34.3. The molecule has 14 heteroatoms. The second-order valence-electron chi connectivity index (χ2n) is 16.1. The lowest BCUT2D eigenvalue weighted by Crippen LogP contribution is -2.52. The molecule has 0 bridgehead atoms. The van der Waals surface area contributed by atoms with Crippen molar-refractivity contribution in [3.8, 4) is 11.8 Å². The van der Waals surface area contributed by atoms with Gasteiger partial charge in [-0.2, -0.15) is 0 Å². The number of unbranched alkanes of at least 4 members (excludes halogenated alkanes) is 4. The molecule has 4 aliphatic heterocycles. The molecule has 0 radical (unpaired) electrons. The average Bonchev–Trinajstić information content (AvgIpc) is 3.61. The number of likely N-dealkylation sites (tertiary alicyclic amines) is 1. The summed E-state index contributed by atoms with van der Waals surface area (Å²) in [5.41, 5.74) is 3.56. The van der Waals surface area contributed by atoms with Gasteiger partial charge in [0.25, 0.3) is 11.8 Å². The Morgan fingerprint density at radius 2 is 1.73 bits per heavy atom. The van der Waals surface area contributed by atoms with Crippen LogP contribution in [0.5, 0.6) is 0 Å². The number of pyridine rings is 1. The number of aromatic nitrogens is 3. The van der Waals surface area contributed by atoms with E-state index in [9.17, 15) is 24.0 Å². The van der Waals surface area contributed by atoms with Crippen molar-refractivity contribution in [2.24, 2.45) is 5.92 Å². The minimum atomic E-state index is -0.631. The average molecular weight is 814 g/mol. The van der Waals surface area contributed by atoms with Crippen LogP contribution in [0, 0.1) is 17.8 Å². The number of hydrogen-bond donors (Lipinski definition) is 2. The predicted octanol–water partition coefficient (Wildman–Crippen LogP) is 4.22. The van der Waals surface area contributed by atoms with E-state index in [1.54, 1.807) is 35.5 Å². The van der Waals surface area contributed by atoms with E-state index in [4.69, 9.17) is 0 Å². The number of nitrogens with one attached hydrogen (secondary N) is 2. The van der Waals surface area contributed by atoms with E-state index in [1.807, 2.05) is 41.3 Å². The van der Waals surface area contributed by atoms with E-state index in [1.165, 1.54) is 0 Å². The monoisotopic (exact) mass is 813 g/mol. The van der Waals surface area contributed by atoms with E-state index < -0.39 is 11.9 Å². The summed E-state index contributed by atoms with van der Waals surface area (Å²) in [4.78, 5) is 74.6. The maximum absolute atomic E-state index is 13.2. The van der Waals surface area contributed by atoms with Gasteiger partial charge < -0.3 is 20.0 Å². The van der Waals surface area contributed by atoms with Crippen LogP contribution in [-0.2, 0) is 20.9 Å². The number of carbonyl (C=O) groups excluding carboxylic acids is 5. The van der Waals surface area contributed by atoms with Gasteiger partial charge in [0, 0.05) is 94.8 Å². The molecule has 0 spiro atoms. The van der Waals surface area contributed by atoms with Gasteiger partial charge >= 0.3 is 0 Å². The molecule has 1 atom stereocenters. The summed E-state index contributed by atoms with van der Waals surface area (Å²) in [5.74, 6) is 6.93. The number of rotatable bonds is 15. The third-order valence-electron chi connectivity index (χ3n) is 12.0. The molecule has 14 nitrogen and oxygen atoms in total. The maximum atomic E-state index is 13.2. The van der Waals surface area contributed by atoms with Crippen molar-refractivity contribution in [2.75, 3.05) is 57.3 Å². The molecule has 3 saturated heterocycles. The van der Waals surface area contributed by atoms with E-state index >= 15 is 0 Å². The number of fused-ring (bicyclic) bond motifs is 1. The first-order valence-corrected chi connectivity index (χ1v) is 21.5. The molecule has 7 rings (SSSR count). The number of nitrogens with zero attached hydrogens (tertiary/aromatic N) is 7. The molecule has 0 aliphatic carbocycles. The number of hydrogen-bond acceptors (Lipinski definition) is 10. The number of carbonyl (C=O) groups is 5.